The van der Waals surface area contributed by atoms with E-state index in [-0.39, 0.29) is 36.1 Å². The van der Waals surface area contributed by atoms with Crippen molar-refractivity contribution in [2.45, 2.75) is 62.9 Å². The summed E-state index contributed by atoms with van der Waals surface area (Å²) in [5.74, 6) is 0.430. The zero-order valence-electron chi connectivity index (χ0n) is 26.0. The van der Waals surface area contributed by atoms with E-state index in [1.165, 1.54) is 36.2 Å². The summed E-state index contributed by atoms with van der Waals surface area (Å²) in [6, 6.07) is 15.9. The molecule has 0 bridgehead atoms. The highest BCUT2D eigenvalue weighted by Gasteiger charge is 2.43. The molecule has 242 valence electrons. The molecule has 10 heteroatoms. The van der Waals surface area contributed by atoms with Gasteiger partial charge in [0.05, 0.1) is 4.92 Å². The number of rotatable bonds is 13. The van der Waals surface area contributed by atoms with Crippen molar-refractivity contribution in [3.05, 3.63) is 82.9 Å². The molecular weight excluding hydrogens is 572 g/mol. The standard InChI is InChI=1S/C35H46N4O6/c1-2-19-38(33(40)25-45-31-15-13-30(14-16-31)39(43)44)29-17-20-36(21-18-29)22-28-23-37(24-32(28)26-9-5-3-6-10-26)34(35(41)42)27-11-7-4-8-12-27/h2-3,5-6,9-10,13-16,27-29,32,34H,1,4,7-8,11-12,17-25H2,(H,41,42). The number of carbonyl (C=O) groups is 2. The van der Waals surface area contributed by atoms with Crippen LogP contribution in [0.4, 0.5) is 5.69 Å². The Hall–Kier alpha value is -3.76. The molecule has 45 heavy (non-hydrogen) atoms. The van der Waals surface area contributed by atoms with E-state index in [0.29, 0.717) is 18.2 Å². The minimum absolute atomic E-state index is 0.0277. The van der Waals surface area contributed by atoms with Crippen molar-refractivity contribution in [1.82, 2.24) is 14.7 Å². The van der Waals surface area contributed by atoms with Crippen LogP contribution in [0.5, 0.6) is 5.75 Å². The Morgan fingerprint density at radius 2 is 1.71 bits per heavy atom. The van der Waals surface area contributed by atoms with Gasteiger partial charge in [0.2, 0.25) is 0 Å². The number of piperidine rings is 1. The highest BCUT2D eigenvalue weighted by Crippen LogP contribution is 2.38. The molecule has 2 saturated heterocycles. The van der Waals surface area contributed by atoms with Crippen LogP contribution < -0.4 is 4.74 Å². The first-order valence-electron chi connectivity index (χ1n) is 16.4. The third-order valence-corrected chi connectivity index (χ3v) is 9.99. The molecule has 0 radical (unpaired) electrons. The number of carboxylic acid groups (broad SMARTS) is 1. The summed E-state index contributed by atoms with van der Waals surface area (Å²) in [5, 5.41) is 21.2. The summed E-state index contributed by atoms with van der Waals surface area (Å²) in [6.07, 6.45) is 8.86. The smallest absolute Gasteiger partial charge is 0.321 e. The van der Waals surface area contributed by atoms with Crippen molar-refractivity contribution in [3.63, 3.8) is 0 Å². The van der Waals surface area contributed by atoms with Crippen molar-refractivity contribution in [2.75, 3.05) is 45.9 Å². The van der Waals surface area contributed by atoms with Crippen LogP contribution in [0.2, 0.25) is 0 Å². The van der Waals surface area contributed by atoms with Crippen LogP contribution in [0.3, 0.4) is 0 Å². The van der Waals surface area contributed by atoms with Gasteiger partial charge in [0, 0.05) is 63.4 Å². The third-order valence-electron chi connectivity index (χ3n) is 9.99. The molecule has 3 fully saturated rings. The number of hydrogen-bond acceptors (Lipinski definition) is 7. The van der Waals surface area contributed by atoms with Crippen molar-refractivity contribution < 1.29 is 24.4 Å². The molecular formula is C35H46N4O6. The molecule has 5 rings (SSSR count). The van der Waals surface area contributed by atoms with Gasteiger partial charge in [-0.1, -0.05) is 55.7 Å². The van der Waals surface area contributed by atoms with Crippen LogP contribution in [0.25, 0.3) is 0 Å². The minimum Gasteiger partial charge on any atom is -0.484 e. The van der Waals surface area contributed by atoms with Gasteiger partial charge in [-0.25, -0.2) is 0 Å². The van der Waals surface area contributed by atoms with Gasteiger partial charge in [-0.2, -0.15) is 0 Å². The molecule has 2 aromatic rings. The van der Waals surface area contributed by atoms with Gasteiger partial charge in [0.15, 0.2) is 6.61 Å². The van der Waals surface area contributed by atoms with E-state index in [2.05, 4.69) is 40.6 Å². The Bertz CT molecular complexity index is 1290. The van der Waals surface area contributed by atoms with Gasteiger partial charge in [0.1, 0.15) is 11.8 Å². The van der Waals surface area contributed by atoms with Gasteiger partial charge >= 0.3 is 5.97 Å². The Morgan fingerprint density at radius 3 is 2.33 bits per heavy atom. The normalized spacial score (nSPS) is 22.5. The number of nitro groups is 1. The topological polar surface area (TPSA) is 116 Å². The minimum atomic E-state index is -0.681. The summed E-state index contributed by atoms with van der Waals surface area (Å²) < 4.78 is 5.67. The first-order valence-corrected chi connectivity index (χ1v) is 16.4. The second-order valence-electron chi connectivity index (χ2n) is 12.8. The maximum absolute atomic E-state index is 13.2. The second-order valence-corrected chi connectivity index (χ2v) is 12.8. The second kappa shape index (κ2) is 15.5. The lowest BCUT2D eigenvalue weighted by Crippen LogP contribution is -2.50. The van der Waals surface area contributed by atoms with E-state index in [1.54, 1.807) is 6.08 Å². The molecule has 0 spiro atoms. The van der Waals surface area contributed by atoms with Crippen LogP contribution >= 0.6 is 0 Å². The van der Waals surface area contributed by atoms with Crippen LogP contribution in [-0.2, 0) is 9.59 Å². The molecule has 3 aliphatic rings. The van der Waals surface area contributed by atoms with E-state index in [4.69, 9.17) is 4.74 Å². The Morgan fingerprint density at radius 1 is 1.02 bits per heavy atom. The average Bonchev–Trinajstić information content (AvgIpc) is 3.46. The lowest BCUT2D eigenvalue weighted by atomic mass is 9.83. The molecule has 3 unspecified atom stereocenters. The molecule has 2 aromatic carbocycles. The van der Waals surface area contributed by atoms with E-state index in [9.17, 15) is 24.8 Å². The van der Waals surface area contributed by atoms with E-state index in [1.807, 2.05) is 11.0 Å². The number of nitro benzene ring substituents is 1. The lowest BCUT2D eigenvalue weighted by Gasteiger charge is -2.39. The number of amides is 1. The highest BCUT2D eigenvalue weighted by molar-refractivity contribution is 5.78. The molecule has 0 aromatic heterocycles. The Kier molecular flexibility index (Phi) is 11.2. The van der Waals surface area contributed by atoms with Gasteiger partial charge in [-0.05, 0) is 55.2 Å². The molecule has 1 aliphatic carbocycles. The van der Waals surface area contributed by atoms with Crippen molar-refractivity contribution in [3.8, 4) is 5.75 Å². The number of likely N-dealkylation sites (tertiary alicyclic amines) is 2. The molecule has 3 atom stereocenters. The van der Waals surface area contributed by atoms with Gasteiger partial charge in [-0.3, -0.25) is 24.6 Å². The average molecular weight is 619 g/mol. The number of benzene rings is 2. The summed E-state index contributed by atoms with van der Waals surface area (Å²) in [4.78, 5) is 42.8. The largest absolute Gasteiger partial charge is 0.484 e. The summed E-state index contributed by atoms with van der Waals surface area (Å²) in [6.45, 7) is 8.32. The number of ether oxygens (including phenoxy) is 1. The maximum atomic E-state index is 13.2. The highest BCUT2D eigenvalue weighted by atomic mass is 16.6. The maximum Gasteiger partial charge on any atom is 0.321 e. The van der Waals surface area contributed by atoms with Crippen molar-refractivity contribution in [1.29, 1.82) is 0 Å². The quantitative estimate of drug-likeness (QED) is 0.185. The molecule has 1 saturated carbocycles. The van der Waals surface area contributed by atoms with Gasteiger partial charge in [-0.15, -0.1) is 6.58 Å². The Labute approximate surface area is 265 Å². The molecule has 2 heterocycles. The fourth-order valence-electron chi connectivity index (χ4n) is 7.73. The van der Waals surface area contributed by atoms with Gasteiger partial charge in [0.25, 0.3) is 11.6 Å². The number of aliphatic carboxylic acids is 1. The van der Waals surface area contributed by atoms with E-state index >= 15 is 0 Å². The number of carbonyl (C=O) groups excluding carboxylic acids is 1. The van der Waals surface area contributed by atoms with Crippen molar-refractivity contribution >= 4 is 17.6 Å². The SMILES string of the molecule is C=CCN(C(=O)COc1ccc([N+](=O)[O-])cc1)C1CCN(CC2CN(C(C(=O)O)C3CCCCC3)CC2c2ccccc2)CC1. The first kappa shape index (κ1) is 32.6. The third kappa shape index (κ3) is 8.29. The summed E-state index contributed by atoms with van der Waals surface area (Å²) in [5.41, 5.74) is 1.25. The zero-order valence-corrected chi connectivity index (χ0v) is 26.0. The number of nitrogens with zero attached hydrogens (tertiary/aromatic N) is 4. The van der Waals surface area contributed by atoms with Gasteiger partial charge < -0.3 is 19.6 Å². The van der Waals surface area contributed by atoms with E-state index in [0.717, 1.165) is 71.2 Å². The van der Waals surface area contributed by atoms with Crippen LogP contribution in [-0.4, -0.2) is 94.6 Å². The lowest BCUT2D eigenvalue weighted by molar-refractivity contribution is -0.384. The van der Waals surface area contributed by atoms with Crippen molar-refractivity contribution in [2.24, 2.45) is 11.8 Å². The molecule has 1 N–H and O–H groups in total. The summed E-state index contributed by atoms with van der Waals surface area (Å²) in [7, 11) is 0. The number of hydrogen-bond donors (Lipinski definition) is 1. The fourth-order valence-corrected chi connectivity index (χ4v) is 7.73. The Balaban J connectivity index is 1.19. The van der Waals surface area contributed by atoms with Crippen LogP contribution in [0.1, 0.15) is 56.4 Å². The molecule has 2 aliphatic heterocycles. The first-order chi connectivity index (χ1) is 21.8. The molecule has 10 nitrogen and oxygen atoms in total. The predicted octanol–water partition coefficient (Wildman–Crippen LogP) is 5.20. The van der Waals surface area contributed by atoms with E-state index < -0.39 is 16.9 Å². The predicted molar refractivity (Wildman–Crippen MR) is 172 cm³/mol. The number of non-ortho nitro benzene ring substituents is 1. The monoisotopic (exact) mass is 618 g/mol. The van der Waals surface area contributed by atoms with Crippen LogP contribution in [0.15, 0.2) is 67.3 Å². The summed E-state index contributed by atoms with van der Waals surface area (Å²) >= 11 is 0. The fraction of sp³-hybridized carbons (Fsp3) is 0.543. The molecule has 1 amide bonds. The van der Waals surface area contributed by atoms with Crippen LogP contribution in [0, 0.1) is 22.0 Å². The number of carboxylic acids is 1. The zero-order chi connectivity index (χ0) is 31.8.